The van der Waals surface area contributed by atoms with E-state index in [4.69, 9.17) is 4.52 Å². The predicted molar refractivity (Wildman–Crippen MR) is 94.8 cm³/mol. The van der Waals surface area contributed by atoms with Crippen LogP contribution >= 0.6 is 7.60 Å². The second-order valence-electron chi connectivity index (χ2n) is 5.35. The topological polar surface area (TPSA) is 107 Å². The Balaban J connectivity index is 2.37. The standard InChI is InChI=1S/C17H19O7PS/c1-3-24-25(19,20)12-13-8-10-14(11-9-13)26(21,22)16-7-5-4-6-15(16)17(18)23-2/h4-11H,3,12H2,1-2H3,(H,19,20). The predicted octanol–water partition coefficient (Wildman–Crippen LogP) is 3.03. The second kappa shape index (κ2) is 8.14. The molecule has 0 amide bonds. The second-order valence-corrected chi connectivity index (χ2v) is 9.12. The zero-order chi connectivity index (χ0) is 19.4. The van der Waals surface area contributed by atoms with Crippen LogP contribution in [0.2, 0.25) is 0 Å². The molecule has 2 aromatic rings. The third-order valence-corrected chi connectivity index (χ3v) is 6.78. The summed E-state index contributed by atoms with van der Waals surface area (Å²) in [5, 5.41) is 0. The van der Waals surface area contributed by atoms with Crippen molar-refractivity contribution in [1.29, 1.82) is 0 Å². The molecule has 1 unspecified atom stereocenters. The van der Waals surface area contributed by atoms with Crippen molar-refractivity contribution in [3.8, 4) is 0 Å². The first-order valence-electron chi connectivity index (χ1n) is 7.69. The summed E-state index contributed by atoms with van der Waals surface area (Å²) in [6, 6.07) is 11.3. The van der Waals surface area contributed by atoms with Crippen LogP contribution in [0.5, 0.6) is 0 Å². The van der Waals surface area contributed by atoms with Crippen molar-refractivity contribution in [1.82, 2.24) is 0 Å². The molecule has 0 saturated heterocycles. The van der Waals surface area contributed by atoms with Gasteiger partial charge in [0.05, 0.1) is 35.2 Å². The zero-order valence-corrected chi connectivity index (χ0v) is 16.0. The maximum absolute atomic E-state index is 12.8. The molecule has 0 spiro atoms. The average molecular weight is 398 g/mol. The molecule has 0 fully saturated rings. The first kappa shape index (κ1) is 20.3. The molecule has 0 radical (unpaired) electrons. The fourth-order valence-corrected chi connectivity index (χ4v) is 4.97. The van der Waals surface area contributed by atoms with Crippen molar-refractivity contribution in [2.75, 3.05) is 13.7 Å². The minimum absolute atomic E-state index is 0.0400. The SMILES string of the molecule is CCOP(=O)(O)Cc1ccc(S(=O)(=O)c2ccccc2C(=O)OC)cc1. The Labute approximate surface area is 152 Å². The number of rotatable bonds is 7. The molecule has 0 aliphatic carbocycles. The zero-order valence-electron chi connectivity index (χ0n) is 14.3. The summed E-state index contributed by atoms with van der Waals surface area (Å²) >= 11 is 0. The van der Waals surface area contributed by atoms with E-state index in [1.54, 1.807) is 13.0 Å². The third kappa shape index (κ3) is 4.59. The number of benzene rings is 2. The van der Waals surface area contributed by atoms with Crippen LogP contribution in [0.1, 0.15) is 22.8 Å². The number of carbonyl (C=O) groups excluding carboxylic acids is 1. The van der Waals surface area contributed by atoms with Crippen LogP contribution in [0.4, 0.5) is 0 Å². The lowest BCUT2D eigenvalue weighted by atomic mass is 10.2. The van der Waals surface area contributed by atoms with Gasteiger partial charge in [0.15, 0.2) is 0 Å². The normalized spacial score (nSPS) is 13.8. The Morgan fingerprint density at radius 2 is 1.73 bits per heavy atom. The molecule has 2 aromatic carbocycles. The minimum Gasteiger partial charge on any atom is -0.465 e. The molecule has 7 nitrogen and oxygen atoms in total. The Morgan fingerprint density at radius 3 is 2.31 bits per heavy atom. The smallest absolute Gasteiger partial charge is 0.339 e. The van der Waals surface area contributed by atoms with E-state index in [-0.39, 0.29) is 28.1 Å². The molecule has 1 N–H and O–H groups in total. The third-order valence-electron chi connectivity index (χ3n) is 3.53. The van der Waals surface area contributed by atoms with Crippen molar-refractivity contribution < 1.29 is 31.9 Å². The number of hydrogen-bond acceptors (Lipinski definition) is 6. The first-order chi connectivity index (χ1) is 12.2. The van der Waals surface area contributed by atoms with Crippen molar-refractivity contribution in [3.05, 3.63) is 59.7 Å². The van der Waals surface area contributed by atoms with Gasteiger partial charge in [0, 0.05) is 0 Å². The number of esters is 1. The summed E-state index contributed by atoms with van der Waals surface area (Å²) in [6.07, 6.45) is -0.222. The van der Waals surface area contributed by atoms with Gasteiger partial charge < -0.3 is 14.2 Å². The summed E-state index contributed by atoms with van der Waals surface area (Å²) in [5.74, 6) is -0.751. The summed E-state index contributed by atoms with van der Waals surface area (Å²) in [5.41, 5.74) is 0.403. The largest absolute Gasteiger partial charge is 0.465 e. The van der Waals surface area contributed by atoms with Gasteiger partial charge >= 0.3 is 13.6 Å². The van der Waals surface area contributed by atoms with E-state index >= 15 is 0 Å². The monoisotopic (exact) mass is 398 g/mol. The summed E-state index contributed by atoms with van der Waals surface area (Å²) in [4.78, 5) is 21.3. The van der Waals surface area contributed by atoms with Crippen LogP contribution in [-0.4, -0.2) is 33.0 Å². The molecule has 0 bridgehead atoms. The van der Waals surface area contributed by atoms with Gasteiger partial charge in [-0.25, -0.2) is 13.2 Å². The highest BCUT2D eigenvalue weighted by molar-refractivity contribution is 7.91. The van der Waals surface area contributed by atoms with Crippen LogP contribution in [-0.2, 0) is 29.8 Å². The number of sulfone groups is 1. The van der Waals surface area contributed by atoms with Gasteiger partial charge in [0.2, 0.25) is 9.84 Å². The van der Waals surface area contributed by atoms with Crippen LogP contribution in [0.3, 0.4) is 0 Å². The molecular formula is C17H19O7PS. The number of carbonyl (C=O) groups is 1. The number of methoxy groups -OCH3 is 1. The van der Waals surface area contributed by atoms with Crippen LogP contribution < -0.4 is 0 Å². The summed E-state index contributed by atoms with van der Waals surface area (Å²) in [6.45, 7) is 1.71. The summed E-state index contributed by atoms with van der Waals surface area (Å²) in [7, 11) is -6.55. The lowest BCUT2D eigenvalue weighted by Crippen LogP contribution is -2.11. The molecule has 0 heterocycles. The van der Waals surface area contributed by atoms with E-state index in [9.17, 15) is 22.7 Å². The Hall–Kier alpha value is -1.99. The molecule has 2 rings (SSSR count). The molecule has 0 aromatic heterocycles. The van der Waals surface area contributed by atoms with Gasteiger partial charge in [0.1, 0.15) is 0 Å². The Bertz CT molecular complexity index is 936. The minimum atomic E-state index is -3.96. The van der Waals surface area contributed by atoms with Crippen LogP contribution in [0, 0.1) is 0 Å². The van der Waals surface area contributed by atoms with Crippen molar-refractivity contribution >= 4 is 23.4 Å². The molecule has 0 aliphatic heterocycles. The maximum atomic E-state index is 12.8. The van der Waals surface area contributed by atoms with E-state index in [1.165, 1.54) is 49.6 Å². The van der Waals surface area contributed by atoms with Crippen molar-refractivity contribution in [3.63, 3.8) is 0 Å². The molecule has 1 atom stereocenters. The van der Waals surface area contributed by atoms with E-state index in [0.29, 0.717) is 5.56 Å². The van der Waals surface area contributed by atoms with Gasteiger partial charge in [-0.15, -0.1) is 0 Å². The van der Waals surface area contributed by atoms with Gasteiger partial charge in [-0.1, -0.05) is 24.3 Å². The molecule has 140 valence electrons. The molecule has 0 aliphatic rings. The van der Waals surface area contributed by atoms with Crippen LogP contribution in [0.15, 0.2) is 58.3 Å². The number of ether oxygens (including phenoxy) is 1. The van der Waals surface area contributed by atoms with E-state index < -0.39 is 23.4 Å². The fraction of sp³-hybridized carbons (Fsp3) is 0.235. The van der Waals surface area contributed by atoms with Gasteiger partial charge in [-0.3, -0.25) is 4.57 Å². The Kier molecular flexibility index (Phi) is 6.36. The Morgan fingerprint density at radius 1 is 1.12 bits per heavy atom. The van der Waals surface area contributed by atoms with Crippen LogP contribution in [0.25, 0.3) is 0 Å². The molecule has 26 heavy (non-hydrogen) atoms. The highest BCUT2D eigenvalue weighted by atomic mass is 32.2. The molecular weight excluding hydrogens is 379 g/mol. The van der Waals surface area contributed by atoms with Gasteiger partial charge in [-0.05, 0) is 36.8 Å². The van der Waals surface area contributed by atoms with Gasteiger partial charge in [-0.2, -0.15) is 0 Å². The quantitative estimate of drug-likeness (QED) is 0.564. The first-order valence-corrected chi connectivity index (χ1v) is 10.9. The summed E-state index contributed by atoms with van der Waals surface area (Å²) < 4.78 is 46.9. The van der Waals surface area contributed by atoms with Gasteiger partial charge in [0.25, 0.3) is 0 Å². The average Bonchev–Trinajstić information content (AvgIpc) is 2.61. The highest BCUT2D eigenvalue weighted by Crippen LogP contribution is 2.45. The van der Waals surface area contributed by atoms with Crippen molar-refractivity contribution in [2.45, 2.75) is 22.9 Å². The highest BCUT2D eigenvalue weighted by Gasteiger charge is 2.25. The lowest BCUT2D eigenvalue weighted by molar-refractivity contribution is 0.0596. The molecule has 9 heteroatoms. The fourth-order valence-electron chi connectivity index (χ4n) is 2.36. The van der Waals surface area contributed by atoms with E-state index in [0.717, 1.165) is 0 Å². The lowest BCUT2D eigenvalue weighted by Gasteiger charge is -2.12. The van der Waals surface area contributed by atoms with E-state index in [1.807, 2.05) is 0 Å². The van der Waals surface area contributed by atoms with Crippen molar-refractivity contribution in [2.24, 2.45) is 0 Å². The van der Waals surface area contributed by atoms with E-state index in [2.05, 4.69) is 4.74 Å². The molecule has 0 saturated carbocycles. The maximum Gasteiger partial charge on any atom is 0.339 e. The number of hydrogen-bond donors (Lipinski definition) is 1.